The van der Waals surface area contributed by atoms with Gasteiger partial charge >= 0.3 is 0 Å². The van der Waals surface area contributed by atoms with E-state index in [1.165, 1.54) is 33.4 Å². The number of anilines is 4. The summed E-state index contributed by atoms with van der Waals surface area (Å²) in [6.45, 7) is 24.9. The molecule has 0 saturated heterocycles. The summed E-state index contributed by atoms with van der Waals surface area (Å²) in [4.78, 5) is 9.53. The van der Waals surface area contributed by atoms with Crippen LogP contribution in [0.3, 0.4) is 0 Å². The van der Waals surface area contributed by atoms with Crippen LogP contribution in [0.15, 0.2) is 170 Å². The second-order valence-electron chi connectivity index (χ2n) is 21.1. The number of fused-ring (bicyclic) bond motifs is 4. The number of hydrogen-bond donors (Lipinski definition) is 0. The molecule has 68 heavy (non-hydrogen) atoms. The third-order valence-corrected chi connectivity index (χ3v) is 13.9. The van der Waals surface area contributed by atoms with Crippen molar-refractivity contribution in [3.05, 3.63) is 222 Å². The van der Waals surface area contributed by atoms with E-state index in [1.807, 2.05) is 24.4 Å². The molecule has 0 bridgehead atoms. The smallest absolute Gasteiger partial charge is 0.135 e. The number of pyridine rings is 1. The van der Waals surface area contributed by atoms with Gasteiger partial charge in [0.2, 0.25) is 0 Å². The Labute approximate surface area is 417 Å². The number of rotatable bonds is 9. The van der Waals surface area contributed by atoms with Crippen LogP contribution in [0.5, 0.6) is 11.5 Å². The molecule has 346 valence electrons. The molecule has 1 aliphatic heterocycles. The molecule has 6 heteroatoms. The second-order valence-corrected chi connectivity index (χ2v) is 21.1. The quantitative estimate of drug-likeness (QED) is 0.135. The first-order valence-electron chi connectivity index (χ1n) is 23.4. The number of hydrogen-bond acceptors (Lipinski definition) is 4. The zero-order chi connectivity index (χ0) is 46.9. The molecular formula is C62H59N4OPt-3. The third kappa shape index (κ3) is 8.56. The maximum atomic E-state index is 6.78. The van der Waals surface area contributed by atoms with Crippen LogP contribution in [0, 0.1) is 18.8 Å². The molecule has 9 aromatic rings. The van der Waals surface area contributed by atoms with E-state index in [4.69, 9.17) is 9.72 Å². The summed E-state index contributed by atoms with van der Waals surface area (Å²) in [6.07, 6.45) is 1.92. The Hall–Kier alpha value is -6.42. The van der Waals surface area contributed by atoms with Gasteiger partial charge in [-0.25, -0.2) is 4.98 Å². The van der Waals surface area contributed by atoms with E-state index >= 15 is 0 Å². The Bertz CT molecular complexity index is 3280. The number of aromatic nitrogens is 2. The Morgan fingerprint density at radius 3 is 1.74 bits per heavy atom. The molecule has 0 amide bonds. The van der Waals surface area contributed by atoms with E-state index < -0.39 is 0 Å². The van der Waals surface area contributed by atoms with E-state index in [9.17, 15) is 0 Å². The third-order valence-electron chi connectivity index (χ3n) is 13.9. The van der Waals surface area contributed by atoms with Crippen molar-refractivity contribution in [1.29, 1.82) is 0 Å². The summed E-state index contributed by atoms with van der Waals surface area (Å²) >= 11 is 0. The van der Waals surface area contributed by atoms with Gasteiger partial charge in [0.1, 0.15) is 5.82 Å². The Morgan fingerprint density at radius 2 is 1.06 bits per heavy atom. The molecule has 0 unspecified atom stereocenters. The maximum Gasteiger partial charge on any atom is 0.135 e. The predicted molar refractivity (Wildman–Crippen MR) is 279 cm³/mol. The molecule has 2 aromatic heterocycles. The Morgan fingerprint density at radius 1 is 0.471 bits per heavy atom. The number of nitrogens with zero attached hydrogens (tertiary/aromatic N) is 4. The van der Waals surface area contributed by atoms with Crippen molar-refractivity contribution in [2.45, 2.75) is 90.9 Å². The standard InChI is InChI=1S/C62H59N4O.Pt/c1-59(2,3)44-23-17-24-48(35-44)64-41-65(57-37-47(28-32-54(57)64)62(9,10)43-21-15-12-16-22-43)49-25-18-26-50(39-49)67-51-29-31-53-52-30-27-46(61(7,8)42-19-13-11-14-20-42)36-55(52)66(56(53)40-51)58-38-45(33-34-63-58)60(4,5)6;/h11-38,41H,1-10H3;/q-3;. The fraction of sp³-hybridized carbons (Fsp3) is 0.226. The molecule has 0 atom stereocenters. The summed E-state index contributed by atoms with van der Waals surface area (Å²) in [5.41, 5.74) is 13.1. The molecule has 1 aliphatic rings. The molecule has 10 rings (SSSR count). The average molecular weight is 1070 g/mol. The summed E-state index contributed by atoms with van der Waals surface area (Å²) < 4.78 is 9.03. The van der Waals surface area contributed by atoms with Gasteiger partial charge in [-0.1, -0.05) is 166 Å². The minimum atomic E-state index is -0.226. The normalized spacial score (nSPS) is 13.2. The monoisotopic (exact) mass is 1070 g/mol. The van der Waals surface area contributed by atoms with Gasteiger partial charge in [0.15, 0.2) is 0 Å². The van der Waals surface area contributed by atoms with Gasteiger partial charge in [0, 0.05) is 72.2 Å². The van der Waals surface area contributed by atoms with Crippen LogP contribution < -0.4 is 14.5 Å². The van der Waals surface area contributed by atoms with Crippen molar-refractivity contribution in [3.63, 3.8) is 0 Å². The van der Waals surface area contributed by atoms with Crippen LogP contribution in [0.1, 0.15) is 103 Å². The molecular weight excluding hydrogens is 1010 g/mol. The molecule has 0 fully saturated rings. The van der Waals surface area contributed by atoms with E-state index in [2.05, 4.69) is 248 Å². The van der Waals surface area contributed by atoms with Crippen LogP contribution in [0.4, 0.5) is 22.7 Å². The van der Waals surface area contributed by atoms with E-state index in [-0.39, 0.29) is 42.7 Å². The largest absolute Gasteiger partial charge is 0.509 e. The van der Waals surface area contributed by atoms with Gasteiger partial charge in [-0.2, -0.15) is 12.1 Å². The summed E-state index contributed by atoms with van der Waals surface area (Å²) in [5, 5.41) is 2.22. The molecule has 0 aliphatic carbocycles. The predicted octanol–water partition coefficient (Wildman–Crippen LogP) is 16.2. The van der Waals surface area contributed by atoms with E-state index in [1.54, 1.807) is 0 Å². The van der Waals surface area contributed by atoms with Gasteiger partial charge in [0.25, 0.3) is 0 Å². The van der Waals surface area contributed by atoms with Crippen molar-refractivity contribution < 1.29 is 25.8 Å². The summed E-state index contributed by atoms with van der Waals surface area (Å²) in [6, 6.07) is 66.1. The fourth-order valence-electron chi connectivity index (χ4n) is 9.48. The van der Waals surface area contributed by atoms with Gasteiger partial charge in [-0.15, -0.1) is 48.1 Å². The molecule has 0 spiro atoms. The van der Waals surface area contributed by atoms with Crippen LogP contribution in [-0.4, -0.2) is 9.55 Å². The zero-order valence-corrected chi connectivity index (χ0v) is 43.0. The molecule has 7 aromatic carbocycles. The molecule has 5 nitrogen and oxygen atoms in total. The number of benzene rings is 7. The van der Waals surface area contributed by atoms with Crippen molar-refractivity contribution in [2.24, 2.45) is 0 Å². The van der Waals surface area contributed by atoms with Crippen LogP contribution >= 0.6 is 0 Å². The first kappa shape index (κ1) is 46.7. The molecule has 0 saturated carbocycles. The minimum absolute atomic E-state index is 0. The van der Waals surface area contributed by atoms with Crippen molar-refractivity contribution in [3.8, 4) is 17.3 Å². The van der Waals surface area contributed by atoms with Crippen molar-refractivity contribution >= 4 is 44.6 Å². The van der Waals surface area contributed by atoms with Crippen LogP contribution in [-0.2, 0) is 42.7 Å². The second kappa shape index (κ2) is 17.6. The van der Waals surface area contributed by atoms with Gasteiger partial charge in [-0.05, 0) is 92.1 Å². The average Bonchev–Trinajstić information content (AvgIpc) is 3.87. The van der Waals surface area contributed by atoms with Crippen LogP contribution in [0.2, 0.25) is 0 Å². The Balaban J connectivity index is 0.00000578. The molecule has 3 heterocycles. The molecule has 0 N–H and O–H groups in total. The van der Waals surface area contributed by atoms with E-state index in [0.29, 0.717) is 11.5 Å². The fourth-order valence-corrected chi connectivity index (χ4v) is 9.48. The SMILES string of the molecule is CC(C)(C)c1cccc(N2[CH-]N(c3[c-]c(Oc4[c-]c5c(cc4)c4ccc(C(C)(C)c6ccccc6)cc4n5-c4cc(C(C)(C)C)ccn4)ccc3)c3cc(C(C)(C)c4ccccc4)ccc32)c1.[Pt]. The van der Waals surface area contributed by atoms with Gasteiger partial charge < -0.3 is 19.1 Å². The first-order chi connectivity index (χ1) is 32.0. The summed E-state index contributed by atoms with van der Waals surface area (Å²) in [7, 11) is 0. The van der Waals surface area contributed by atoms with Gasteiger partial charge in [-0.3, -0.25) is 0 Å². The Kier molecular flexibility index (Phi) is 12.1. The van der Waals surface area contributed by atoms with Crippen molar-refractivity contribution in [2.75, 3.05) is 9.80 Å². The first-order valence-corrected chi connectivity index (χ1v) is 23.4. The topological polar surface area (TPSA) is 33.5 Å². The van der Waals surface area contributed by atoms with E-state index in [0.717, 1.165) is 50.4 Å². The maximum absolute atomic E-state index is 6.78. The number of ether oxygens (including phenoxy) is 1. The summed E-state index contributed by atoms with van der Waals surface area (Å²) in [5.74, 6) is 2.04. The van der Waals surface area contributed by atoms with Crippen molar-refractivity contribution in [1.82, 2.24) is 9.55 Å². The molecule has 0 radical (unpaired) electrons. The van der Waals surface area contributed by atoms with Crippen LogP contribution in [0.25, 0.3) is 27.6 Å². The van der Waals surface area contributed by atoms with Gasteiger partial charge in [0.05, 0.1) is 0 Å². The minimum Gasteiger partial charge on any atom is -0.509 e. The zero-order valence-electron chi connectivity index (χ0n) is 40.8.